The number of anilines is 1. The smallest absolute Gasteiger partial charge is 0.244 e. The summed E-state index contributed by atoms with van der Waals surface area (Å²) in [5.41, 5.74) is 0. The summed E-state index contributed by atoms with van der Waals surface area (Å²) in [7, 11) is 0. The van der Waals surface area contributed by atoms with Crippen molar-refractivity contribution in [2.24, 2.45) is 5.92 Å². The summed E-state index contributed by atoms with van der Waals surface area (Å²) >= 11 is 5.71. The summed E-state index contributed by atoms with van der Waals surface area (Å²) in [5, 5.41) is 7.68. The van der Waals surface area contributed by atoms with Crippen molar-refractivity contribution in [3.05, 3.63) is 11.5 Å². The number of rotatable bonds is 2. The highest BCUT2D eigenvalue weighted by Crippen LogP contribution is 2.23. The maximum absolute atomic E-state index is 5.71. The zero-order chi connectivity index (χ0) is 10.7. The highest BCUT2D eigenvalue weighted by Gasteiger charge is 2.19. The summed E-state index contributed by atoms with van der Waals surface area (Å²) in [6, 6.07) is 0. The minimum absolute atomic E-state index is 0.227. The molecule has 2 rings (SSSR count). The van der Waals surface area contributed by atoms with Gasteiger partial charge < -0.3 is 4.90 Å². The van der Waals surface area contributed by atoms with E-state index in [1.807, 2.05) is 0 Å². The largest absolute Gasteiger partial charge is 0.355 e. The number of piperidine rings is 1. The third kappa shape index (κ3) is 2.56. The lowest BCUT2D eigenvalue weighted by Crippen LogP contribution is -2.34. The fourth-order valence-electron chi connectivity index (χ4n) is 2.00. The van der Waals surface area contributed by atoms with Crippen molar-refractivity contribution in [1.29, 1.82) is 0 Å². The van der Waals surface area contributed by atoms with Crippen molar-refractivity contribution in [3.8, 4) is 0 Å². The van der Waals surface area contributed by atoms with Gasteiger partial charge >= 0.3 is 0 Å². The molecule has 0 saturated carbocycles. The first-order valence-electron chi connectivity index (χ1n) is 5.39. The normalized spacial score (nSPS) is 18.1. The van der Waals surface area contributed by atoms with Gasteiger partial charge in [-0.2, -0.15) is 10.1 Å². The maximum atomic E-state index is 5.71. The van der Waals surface area contributed by atoms with E-state index in [1.54, 1.807) is 6.20 Å². The van der Waals surface area contributed by atoms with Crippen molar-refractivity contribution >= 4 is 17.4 Å². The highest BCUT2D eigenvalue weighted by atomic mass is 35.5. The molecule has 0 bridgehead atoms. The Morgan fingerprint density at radius 1 is 1.47 bits per heavy atom. The molecule has 1 aliphatic rings. The molecule has 0 aliphatic carbocycles. The van der Waals surface area contributed by atoms with E-state index < -0.39 is 0 Å². The van der Waals surface area contributed by atoms with E-state index >= 15 is 0 Å². The lowest BCUT2D eigenvalue weighted by atomic mass is 9.94. The summed E-state index contributed by atoms with van der Waals surface area (Å²) in [6.45, 7) is 4.35. The van der Waals surface area contributed by atoms with Gasteiger partial charge in [0.2, 0.25) is 5.28 Å². The zero-order valence-electron chi connectivity index (χ0n) is 8.86. The molecule has 0 aromatic carbocycles. The Kier molecular flexibility index (Phi) is 3.36. The molecule has 0 unspecified atom stereocenters. The van der Waals surface area contributed by atoms with Crippen LogP contribution in [0.2, 0.25) is 5.28 Å². The van der Waals surface area contributed by atoms with Gasteiger partial charge in [0, 0.05) is 13.1 Å². The van der Waals surface area contributed by atoms with Crippen molar-refractivity contribution < 1.29 is 0 Å². The summed E-state index contributed by atoms with van der Waals surface area (Å²) in [5.74, 6) is 1.72. The second kappa shape index (κ2) is 4.75. The van der Waals surface area contributed by atoms with Gasteiger partial charge in [-0.15, -0.1) is 5.10 Å². The SMILES string of the molecule is CCC1CCN(c2cnnc(Cl)n2)CC1. The molecule has 1 saturated heterocycles. The van der Waals surface area contributed by atoms with E-state index in [4.69, 9.17) is 11.6 Å². The number of halogens is 1. The summed E-state index contributed by atoms with van der Waals surface area (Å²) < 4.78 is 0. The fraction of sp³-hybridized carbons (Fsp3) is 0.700. The fourth-order valence-corrected chi connectivity index (χ4v) is 2.13. The van der Waals surface area contributed by atoms with Crippen LogP contribution in [0.25, 0.3) is 0 Å². The van der Waals surface area contributed by atoms with E-state index in [-0.39, 0.29) is 5.28 Å². The molecule has 1 aromatic heterocycles. The zero-order valence-corrected chi connectivity index (χ0v) is 9.61. The number of aromatic nitrogens is 3. The first kappa shape index (κ1) is 10.6. The molecular weight excluding hydrogens is 212 g/mol. The van der Waals surface area contributed by atoms with E-state index in [2.05, 4.69) is 27.0 Å². The number of nitrogens with zero attached hydrogens (tertiary/aromatic N) is 4. The van der Waals surface area contributed by atoms with Crippen LogP contribution in [0.3, 0.4) is 0 Å². The molecule has 82 valence electrons. The van der Waals surface area contributed by atoms with Crippen LogP contribution in [0, 0.1) is 5.92 Å². The van der Waals surface area contributed by atoms with Gasteiger partial charge in [0.15, 0.2) is 5.82 Å². The monoisotopic (exact) mass is 226 g/mol. The molecule has 15 heavy (non-hydrogen) atoms. The molecule has 1 fully saturated rings. The second-order valence-corrected chi connectivity index (χ2v) is 4.26. The molecule has 0 amide bonds. The first-order chi connectivity index (χ1) is 7.29. The van der Waals surface area contributed by atoms with Gasteiger partial charge in [0.1, 0.15) is 0 Å². The van der Waals surface area contributed by atoms with Gasteiger partial charge in [-0.05, 0) is 30.4 Å². The molecule has 0 radical (unpaired) electrons. The van der Waals surface area contributed by atoms with Crippen LogP contribution in [-0.2, 0) is 0 Å². The van der Waals surface area contributed by atoms with Crippen LogP contribution in [0.5, 0.6) is 0 Å². The van der Waals surface area contributed by atoms with Gasteiger partial charge in [-0.1, -0.05) is 13.3 Å². The number of hydrogen-bond donors (Lipinski definition) is 0. The van der Waals surface area contributed by atoms with Crippen LogP contribution in [0.4, 0.5) is 5.82 Å². The number of hydrogen-bond acceptors (Lipinski definition) is 4. The Morgan fingerprint density at radius 3 is 2.80 bits per heavy atom. The van der Waals surface area contributed by atoms with Gasteiger partial charge in [0.05, 0.1) is 6.20 Å². The van der Waals surface area contributed by atoms with E-state index in [1.165, 1.54) is 19.3 Å². The van der Waals surface area contributed by atoms with Crippen molar-refractivity contribution in [1.82, 2.24) is 15.2 Å². The van der Waals surface area contributed by atoms with E-state index in [0.29, 0.717) is 0 Å². The molecule has 0 spiro atoms. The van der Waals surface area contributed by atoms with E-state index in [9.17, 15) is 0 Å². The van der Waals surface area contributed by atoms with Gasteiger partial charge in [-0.25, -0.2) is 0 Å². The Morgan fingerprint density at radius 2 is 2.20 bits per heavy atom. The van der Waals surface area contributed by atoms with Crippen LogP contribution in [0.15, 0.2) is 6.20 Å². The summed E-state index contributed by atoms with van der Waals surface area (Å²) in [4.78, 5) is 6.39. The quantitative estimate of drug-likeness (QED) is 0.775. The predicted octanol–water partition coefficient (Wildman–Crippen LogP) is 2.15. The first-order valence-corrected chi connectivity index (χ1v) is 5.77. The van der Waals surface area contributed by atoms with E-state index in [0.717, 1.165) is 24.8 Å². The van der Waals surface area contributed by atoms with Crippen LogP contribution in [0.1, 0.15) is 26.2 Å². The Hall–Kier alpha value is -0.900. The standard InChI is InChI=1S/C10H15ClN4/c1-2-8-3-5-15(6-4-8)9-7-12-14-10(11)13-9/h7-8H,2-6H2,1H3. The Balaban J connectivity index is 2.01. The average molecular weight is 227 g/mol. The van der Waals surface area contributed by atoms with Crippen molar-refractivity contribution in [3.63, 3.8) is 0 Å². The van der Waals surface area contributed by atoms with Crippen molar-refractivity contribution in [2.45, 2.75) is 26.2 Å². The van der Waals surface area contributed by atoms with Gasteiger partial charge in [0.25, 0.3) is 0 Å². The highest BCUT2D eigenvalue weighted by molar-refractivity contribution is 6.28. The minimum Gasteiger partial charge on any atom is -0.355 e. The second-order valence-electron chi connectivity index (χ2n) is 3.92. The van der Waals surface area contributed by atoms with Gasteiger partial charge in [-0.3, -0.25) is 0 Å². The molecule has 4 nitrogen and oxygen atoms in total. The Bertz CT molecular complexity index is 323. The molecule has 0 atom stereocenters. The molecule has 5 heteroatoms. The van der Waals surface area contributed by atoms with Crippen LogP contribution >= 0.6 is 11.6 Å². The average Bonchev–Trinajstić information content (AvgIpc) is 2.29. The maximum Gasteiger partial charge on any atom is 0.244 e. The molecule has 1 aromatic rings. The Labute approximate surface area is 94.7 Å². The topological polar surface area (TPSA) is 41.9 Å². The van der Waals surface area contributed by atoms with Crippen LogP contribution < -0.4 is 4.90 Å². The summed E-state index contributed by atoms with van der Waals surface area (Å²) in [6.07, 6.45) is 5.42. The lowest BCUT2D eigenvalue weighted by Gasteiger charge is -2.31. The molecule has 1 aliphatic heterocycles. The lowest BCUT2D eigenvalue weighted by molar-refractivity contribution is 0.393. The molecule has 2 heterocycles. The molecular formula is C10H15ClN4. The third-order valence-electron chi connectivity index (χ3n) is 3.04. The van der Waals surface area contributed by atoms with Crippen LogP contribution in [-0.4, -0.2) is 28.3 Å². The minimum atomic E-state index is 0.227. The van der Waals surface area contributed by atoms with Crippen molar-refractivity contribution in [2.75, 3.05) is 18.0 Å². The predicted molar refractivity (Wildman–Crippen MR) is 60.1 cm³/mol. The third-order valence-corrected chi connectivity index (χ3v) is 3.20. The molecule has 0 N–H and O–H groups in total.